The number of anilines is 2. The molecule has 5 heteroatoms. The van der Waals surface area contributed by atoms with Crippen molar-refractivity contribution in [3.8, 4) is 0 Å². The number of aromatic amines is 1. The zero-order valence-electron chi connectivity index (χ0n) is 11.1. The molecule has 0 radical (unpaired) electrons. The van der Waals surface area contributed by atoms with Crippen LogP contribution in [0.3, 0.4) is 0 Å². The van der Waals surface area contributed by atoms with Crippen molar-refractivity contribution in [1.82, 2.24) is 10.2 Å². The van der Waals surface area contributed by atoms with Crippen LogP contribution in [-0.2, 0) is 6.54 Å². The Kier molecular flexibility index (Phi) is 3.36. The predicted octanol–water partition coefficient (Wildman–Crippen LogP) is 3.54. The highest BCUT2D eigenvalue weighted by Gasteiger charge is 2.10. The quantitative estimate of drug-likeness (QED) is 0.722. The minimum atomic E-state index is 0.758. The van der Waals surface area contributed by atoms with Crippen LogP contribution in [0.25, 0.3) is 10.9 Å². The summed E-state index contributed by atoms with van der Waals surface area (Å²) >= 11 is 3.58. The van der Waals surface area contributed by atoms with E-state index in [4.69, 9.17) is 5.73 Å². The van der Waals surface area contributed by atoms with E-state index in [1.165, 1.54) is 5.56 Å². The highest BCUT2D eigenvalue weighted by Crippen LogP contribution is 2.29. The maximum atomic E-state index is 6.14. The Hall–Kier alpha value is -2.01. The van der Waals surface area contributed by atoms with Crippen LogP contribution in [0.2, 0.25) is 0 Å². The predicted molar refractivity (Wildman–Crippen MR) is 86.8 cm³/mol. The fourth-order valence-corrected chi connectivity index (χ4v) is 2.71. The lowest BCUT2D eigenvalue weighted by Crippen LogP contribution is -2.18. The maximum absolute atomic E-state index is 6.14. The van der Waals surface area contributed by atoms with E-state index in [0.29, 0.717) is 0 Å². The second-order valence-corrected chi connectivity index (χ2v) is 5.67. The van der Waals surface area contributed by atoms with E-state index in [2.05, 4.69) is 37.1 Å². The Morgan fingerprint density at radius 2 is 2.10 bits per heavy atom. The van der Waals surface area contributed by atoms with Gasteiger partial charge < -0.3 is 10.6 Å². The number of hydrogen-bond donors (Lipinski definition) is 2. The number of aromatic nitrogens is 2. The van der Waals surface area contributed by atoms with Gasteiger partial charge in [0.2, 0.25) is 0 Å². The van der Waals surface area contributed by atoms with Gasteiger partial charge in [0.25, 0.3) is 0 Å². The van der Waals surface area contributed by atoms with E-state index >= 15 is 0 Å². The van der Waals surface area contributed by atoms with Crippen LogP contribution in [-0.4, -0.2) is 17.2 Å². The summed E-state index contributed by atoms with van der Waals surface area (Å²) in [7, 11) is 2.04. The molecular formula is C15H15BrN4. The SMILES string of the molecule is CN(Cc1ccccc1Br)c1cc2[nH]ncc2cc1N. The normalized spacial score (nSPS) is 10.9. The van der Waals surface area contributed by atoms with Crippen LogP contribution >= 0.6 is 15.9 Å². The number of rotatable bonds is 3. The molecule has 102 valence electrons. The average molecular weight is 331 g/mol. The van der Waals surface area contributed by atoms with Crippen molar-refractivity contribution in [2.75, 3.05) is 17.7 Å². The molecule has 3 aromatic rings. The van der Waals surface area contributed by atoms with Crippen molar-refractivity contribution in [1.29, 1.82) is 0 Å². The van der Waals surface area contributed by atoms with Gasteiger partial charge in [0.15, 0.2) is 0 Å². The number of nitrogens with one attached hydrogen (secondary N) is 1. The van der Waals surface area contributed by atoms with Crippen molar-refractivity contribution >= 4 is 38.2 Å². The Bertz CT molecular complexity index is 750. The first-order chi connectivity index (χ1) is 9.65. The number of H-pyrrole nitrogens is 1. The van der Waals surface area contributed by atoms with Gasteiger partial charge in [-0.05, 0) is 23.8 Å². The monoisotopic (exact) mass is 330 g/mol. The third-order valence-corrected chi connectivity index (χ3v) is 4.14. The van der Waals surface area contributed by atoms with Gasteiger partial charge in [0.1, 0.15) is 0 Å². The van der Waals surface area contributed by atoms with Crippen LogP contribution in [0.1, 0.15) is 5.56 Å². The summed E-state index contributed by atoms with van der Waals surface area (Å²) in [4.78, 5) is 2.13. The van der Waals surface area contributed by atoms with Crippen LogP contribution in [0, 0.1) is 0 Å². The first-order valence-electron chi connectivity index (χ1n) is 6.32. The summed E-state index contributed by atoms with van der Waals surface area (Å²) in [5.41, 5.74) is 10.1. The number of nitrogens with zero attached hydrogens (tertiary/aromatic N) is 2. The van der Waals surface area contributed by atoms with Crippen LogP contribution in [0.4, 0.5) is 11.4 Å². The fraction of sp³-hybridized carbons (Fsp3) is 0.133. The van der Waals surface area contributed by atoms with Crippen molar-refractivity contribution in [2.45, 2.75) is 6.54 Å². The molecular weight excluding hydrogens is 316 g/mol. The van der Waals surface area contributed by atoms with Crippen molar-refractivity contribution in [3.63, 3.8) is 0 Å². The molecule has 0 spiro atoms. The zero-order valence-corrected chi connectivity index (χ0v) is 12.7. The van der Waals surface area contributed by atoms with Gasteiger partial charge in [0, 0.05) is 23.5 Å². The number of nitrogens with two attached hydrogens (primary N) is 1. The smallest absolute Gasteiger partial charge is 0.0672 e. The molecule has 2 aromatic carbocycles. The first kappa shape index (κ1) is 13.0. The molecule has 1 heterocycles. The topological polar surface area (TPSA) is 57.9 Å². The van der Waals surface area contributed by atoms with E-state index in [-0.39, 0.29) is 0 Å². The molecule has 4 nitrogen and oxygen atoms in total. The van der Waals surface area contributed by atoms with Gasteiger partial charge in [0.05, 0.1) is 23.1 Å². The first-order valence-corrected chi connectivity index (χ1v) is 7.11. The number of hydrogen-bond acceptors (Lipinski definition) is 3. The van der Waals surface area contributed by atoms with E-state index < -0.39 is 0 Å². The third-order valence-electron chi connectivity index (χ3n) is 3.36. The highest BCUT2D eigenvalue weighted by molar-refractivity contribution is 9.10. The number of fused-ring (bicyclic) bond motifs is 1. The zero-order chi connectivity index (χ0) is 14.1. The van der Waals surface area contributed by atoms with Crippen molar-refractivity contribution in [2.24, 2.45) is 0 Å². The summed E-state index contributed by atoms with van der Waals surface area (Å²) < 4.78 is 1.10. The Labute approximate surface area is 125 Å². The van der Waals surface area contributed by atoms with Crippen molar-refractivity contribution < 1.29 is 0 Å². The second kappa shape index (κ2) is 5.17. The van der Waals surface area contributed by atoms with Crippen LogP contribution < -0.4 is 10.6 Å². The molecule has 0 unspecified atom stereocenters. The minimum Gasteiger partial charge on any atom is -0.397 e. The number of halogens is 1. The standard InChI is InChI=1S/C15H15BrN4/c1-20(9-10-4-2-3-5-12(10)16)15-7-14-11(6-13(15)17)8-18-19-14/h2-8H,9,17H2,1H3,(H,18,19). The Morgan fingerprint density at radius 1 is 1.30 bits per heavy atom. The molecule has 3 rings (SSSR count). The highest BCUT2D eigenvalue weighted by atomic mass is 79.9. The van der Waals surface area contributed by atoms with E-state index in [9.17, 15) is 0 Å². The number of nitrogen functional groups attached to an aromatic ring is 1. The van der Waals surface area contributed by atoms with E-state index in [1.807, 2.05) is 37.4 Å². The number of benzene rings is 2. The van der Waals surface area contributed by atoms with Crippen LogP contribution in [0.15, 0.2) is 47.1 Å². The molecule has 0 saturated carbocycles. The Morgan fingerprint density at radius 3 is 2.90 bits per heavy atom. The molecule has 20 heavy (non-hydrogen) atoms. The van der Waals surface area contributed by atoms with Crippen LogP contribution in [0.5, 0.6) is 0 Å². The van der Waals surface area contributed by atoms with Gasteiger partial charge in [-0.3, -0.25) is 5.10 Å². The summed E-state index contributed by atoms with van der Waals surface area (Å²) in [6.07, 6.45) is 1.78. The van der Waals surface area contributed by atoms with Gasteiger partial charge in [-0.15, -0.1) is 0 Å². The van der Waals surface area contributed by atoms with E-state index in [0.717, 1.165) is 33.3 Å². The summed E-state index contributed by atoms with van der Waals surface area (Å²) in [6, 6.07) is 12.2. The van der Waals surface area contributed by atoms with Crippen molar-refractivity contribution in [3.05, 3.63) is 52.6 Å². The largest absolute Gasteiger partial charge is 0.397 e. The molecule has 0 aliphatic rings. The molecule has 1 aromatic heterocycles. The second-order valence-electron chi connectivity index (χ2n) is 4.82. The Balaban J connectivity index is 1.94. The lowest BCUT2D eigenvalue weighted by molar-refractivity contribution is 0.921. The average Bonchev–Trinajstić information content (AvgIpc) is 2.87. The third kappa shape index (κ3) is 2.36. The molecule has 0 amide bonds. The molecule has 0 aliphatic carbocycles. The van der Waals surface area contributed by atoms with Gasteiger partial charge in [-0.25, -0.2) is 0 Å². The van der Waals surface area contributed by atoms with E-state index in [1.54, 1.807) is 6.20 Å². The van der Waals surface area contributed by atoms with Gasteiger partial charge in [-0.1, -0.05) is 34.1 Å². The molecule has 0 aliphatic heterocycles. The van der Waals surface area contributed by atoms with Gasteiger partial charge >= 0.3 is 0 Å². The minimum absolute atomic E-state index is 0.758. The molecule has 0 fully saturated rings. The molecule has 0 atom stereocenters. The maximum Gasteiger partial charge on any atom is 0.0672 e. The molecule has 0 bridgehead atoms. The molecule has 0 saturated heterocycles. The fourth-order valence-electron chi connectivity index (χ4n) is 2.30. The lowest BCUT2D eigenvalue weighted by Gasteiger charge is -2.22. The summed E-state index contributed by atoms with van der Waals surface area (Å²) in [6.45, 7) is 0.783. The summed E-state index contributed by atoms with van der Waals surface area (Å²) in [5.74, 6) is 0. The molecule has 3 N–H and O–H groups in total. The summed E-state index contributed by atoms with van der Waals surface area (Å²) in [5, 5.41) is 8.04. The van der Waals surface area contributed by atoms with Gasteiger partial charge in [-0.2, -0.15) is 5.10 Å². The lowest BCUT2D eigenvalue weighted by atomic mass is 10.1.